The van der Waals surface area contributed by atoms with E-state index in [0.29, 0.717) is 11.0 Å². The molecule has 2 aromatic rings. The number of aromatic nitrogens is 1. The van der Waals surface area contributed by atoms with Gasteiger partial charge in [0.15, 0.2) is 11.3 Å². The summed E-state index contributed by atoms with van der Waals surface area (Å²) >= 11 is 0. The van der Waals surface area contributed by atoms with Gasteiger partial charge in [-0.15, -0.1) is 0 Å². The molecule has 0 atom stereocenters. The van der Waals surface area contributed by atoms with Crippen molar-refractivity contribution in [2.45, 2.75) is 19.5 Å². The zero-order valence-electron chi connectivity index (χ0n) is 7.91. The number of hydrogen-bond acceptors (Lipinski definition) is 3. The first-order valence-electron chi connectivity index (χ1n) is 4.26. The molecule has 3 nitrogen and oxygen atoms in total. The van der Waals surface area contributed by atoms with E-state index < -0.39 is 5.67 Å². The summed E-state index contributed by atoms with van der Waals surface area (Å²) in [5.41, 5.74) is -0.888. The molecule has 0 unspecified atom stereocenters. The van der Waals surface area contributed by atoms with Crippen LogP contribution in [0, 0.1) is 0 Å². The zero-order chi connectivity index (χ0) is 10.3. The Kier molecular flexibility index (Phi) is 1.74. The van der Waals surface area contributed by atoms with Crippen LogP contribution in [0.4, 0.5) is 4.39 Å². The third kappa shape index (κ3) is 1.32. The average molecular weight is 195 g/mol. The second-order valence-electron chi connectivity index (χ2n) is 3.68. The summed E-state index contributed by atoms with van der Waals surface area (Å²) in [6, 6.07) is 4.49. The van der Waals surface area contributed by atoms with Crippen LogP contribution in [0.2, 0.25) is 0 Å². The molecule has 1 N–H and O–H groups in total. The molecule has 0 radical (unpaired) electrons. The molecule has 14 heavy (non-hydrogen) atoms. The highest BCUT2D eigenvalue weighted by Crippen LogP contribution is 2.31. The van der Waals surface area contributed by atoms with Gasteiger partial charge in [0.05, 0.1) is 0 Å². The normalized spacial score (nSPS) is 12.2. The maximum Gasteiger partial charge on any atom is 0.170 e. The van der Waals surface area contributed by atoms with Gasteiger partial charge in [-0.05, 0) is 26.0 Å². The second-order valence-corrected chi connectivity index (χ2v) is 3.68. The van der Waals surface area contributed by atoms with Crippen LogP contribution in [-0.4, -0.2) is 10.3 Å². The topological polar surface area (TPSA) is 46.3 Å². The van der Waals surface area contributed by atoms with Crippen LogP contribution in [0.3, 0.4) is 0 Å². The number of aromatic hydroxyl groups is 1. The summed E-state index contributed by atoms with van der Waals surface area (Å²) in [6.07, 6.45) is 0. The Balaban J connectivity index is 2.70. The zero-order valence-corrected chi connectivity index (χ0v) is 7.91. The smallest absolute Gasteiger partial charge is 0.170 e. The minimum atomic E-state index is -1.54. The van der Waals surface area contributed by atoms with E-state index in [2.05, 4.69) is 5.16 Å². The Morgan fingerprint density at radius 1 is 1.43 bits per heavy atom. The van der Waals surface area contributed by atoms with E-state index in [1.807, 2.05) is 0 Å². The molecule has 1 heterocycles. The molecule has 0 saturated heterocycles. The Bertz CT molecular complexity index is 470. The summed E-state index contributed by atoms with van der Waals surface area (Å²) < 4.78 is 18.5. The second kappa shape index (κ2) is 2.70. The highest BCUT2D eigenvalue weighted by atomic mass is 19.1. The van der Waals surface area contributed by atoms with Gasteiger partial charge in [-0.3, -0.25) is 0 Å². The van der Waals surface area contributed by atoms with Gasteiger partial charge in [0.25, 0.3) is 0 Å². The van der Waals surface area contributed by atoms with Crippen molar-refractivity contribution in [2.24, 2.45) is 0 Å². The minimum Gasteiger partial charge on any atom is -0.508 e. The van der Waals surface area contributed by atoms with Crippen molar-refractivity contribution in [1.82, 2.24) is 5.16 Å². The van der Waals surface area contributed by atoms with Crippen LogP contribution in [0.5, 0.6) is 5.75 Å². The van der Waals surface area contributed by atoms with Crippen molar-refractivity contribution < 1.29 is 14.0 Å². The lowest BCUT2D eigenvalue weighted by molar-refractivity contribution is 0.207. The maximum absolute atomic E-state index is 13.6. The minimum absolute atomic E-state index is 0.0804. The molecule has 2 rings (SSSR count). The van der Waals surface area contributed by atoms with E-state index in [9.17, 15) is 4.39 Å². The summed E-state index contributed by atoms with van der Waals surface area (Å²) in [4.78, 5) is 0. The lowest BCUT2D eigenvalue weighted by Gasteiger charge is -2.09. The van der Waals surface area contributed by atoms with E-state index in [1.165, 1.54) is 26.0 Å². The number of benzene rings is 1. The highest BCUT2D eigenvalue weighted by Gasteiger charge is 2.26. The van der Waals surface area contributed by atoms with Crippen LogP contribution in [0.25, 0.3) is 11.0 Å². The van der Waals surface area contributed by atoms with E-state index in [4.69, 9.17) is 9.63 Å². The number of phenolic OH excluding ortho intramolecular Hbond substituents is 1. The fourth-order valence-corrected chi connectivity index (χ4v) is 1.35. The molecule has 74 valence electrons. The predicted molar refractivity (Wildman–Crippen MR) is 49.8 cm³/mol. The third-order valence-corrected chi connectivity index (χ3v) is 2.02. The highest BCUT2D eigenvalue weighted by molar-refractivity contribution is 5.81. The van der Waals surface area contributed by atoms with Crippen molar-refractivity contribution in [1.29, 1.82) is 0 Å². The quantitative estimate of drug-likeness (QED) is 0.760. The third-order valence-electron chi connectivity index (χ3n) is 2.02. The molecule has 1 aromatic heterocycles. The van der Waals surface area contributed by atoms with Gasteiger partial charge in [-0.2, -0.15) is 0 Å². The molecule has 4 heteroatoms. The molecule has 0 amide bonds. The van der Waals surface area contributed by atoms with E-state index in [1.54, 1.807) is 6.07 Å². The SMILES string of the molecule is CC(C)(F)c1noc2cc(O)ccc12. The lowest BCUT2D eigenvalue weighted by atomic mass is 10.0. The summed E-state index contributed by atoms with van der Waals surface area (Å²) in [7, 11) is 0. The molecule has 0 aliphatic heterocycles. The van der Waals surface area contributed by atoms with Crippen LogP contribution in [0.1, 0.15) is 19.5 Å². The number of rotatable bonds is 1. The van der Waals surface area contributed by atoms with Gasteiger partial charge < -0.3 is 9.63 Å². The number of alkyl halides is 1. The van der Waals surface area contributed by atoms with Crippen LogP contribution < -0.4 is 0 Å². The molecule has 0 saturated carbocycles. The Morgan fingerprint density at radius 2 is 2.14 bits per heavy atom. The Hall–Kier alpha value is -1.58. The van der Waals surface area contributed by atoms with Gasteiger partial charge >= 0.3 is 0 Å². The van der Waals surface area contributed by atoms with Crippen LogP contribution in [-0.2, 0) is 5.67 Å². The summed E-state index contributed by atoms with van der Waals surface area (Å²) in [5, 5.41) is 13.4. The summed E-state index contributed by atoms with van der Waals surface area (Å²) in [5.74, 6) is 0.0804. The van der Waals surface area contributed by atoms with Crippen LogP contribution in [0.15, 0.2) is 22.7 Å². The van der Waals surface area contributed by atoms with E-state index in [0.717, 1.165) is 0 Å². The fraction of sp³-hybridized carbons (Fsp3) is 0.300. The van der Waals surface area contributed by atoms with Gasteiger partial charge in [0.1, 0.15) is 11.4 Å². The first kappa shape index (κ1) is 8.99. The molecular weight excluding hydrogens is 185 g/mol. The first-order valence-corrected chi connectivity index (χ1v) is 4.26. The van der Waals surface area contributed by atoms with Crippen LogP contribution >= 0.6 is 0 Å². The van der Waals surface area contributed by atoms with Gasteiger partial charge in [0.2, 0.25) is 0 Å². The molecule has 0 fully saturated rings. The monoisotopic (exact) mass is 195 g/mol. The Labute approximate surface area is 80.1 Å². The van der Waals surface area contributed by atoms with Gasteiger partial charge in [0, 0.05) is 11.5 Å². The maximum atomic E-state index is 13.6. The molecular formula is C10H10FNO2. The van der Waals surface area contributed by atoms with Crippen molar-refractivity contribution >= 4 is 11.0 Å². The number of hydrogen-bond donors (Lipinski definition) is 1. The summed E-state index contributed by atoms with van der Waals surface area (Å²) in [6.45, 7) is 2.83. The number of nitrogens with zero attached hydrogens (tertiary/aromatic N) is 1. The molecule has 1 aromatic carbocycles. The molecule has 0 aliphatic carbocycles. The fourth-order valence-electron chi connectivity index (χ4n) is 1.35. The number of fused-ring (bicyclic) bond motifs is 1. The molecule has 0 aliphatic rings. The Morgan fingerprint density at radius 3 is 2.79 bits per heavy atom. The first-order chi connectivity index (χ1) is 6.48. The van der Waals surface area contributed by atoms with E-state index >= 15 is 0 Å². The molecule has 0 spiro atoms. The lowest BCUT2D eigenvalue weighted by Crippen LogP contribution is -2.09. The van der Waals surface area contributed by atoms with Crippen molar-refractivity contribution in [3.05, 3.63) is 23.9 Å². The van der Waals surface area contributed by atoms with Crippen molar-refractivity contribution in [3.8, 4) is 5.75 Å². The number of halogens is 1. The van der Waals surface area contributed by atoms with Gasteiger partial charge in [-0.1, -0.05) is 5.16 Å². The molecule has 0 bridgehead atoms. The van der Waals surface area contributed by atoms with Crippen molar-refractivity contribution in [2.75, 3.05) is 0 Å². The van der Waals surface area contributed by atoms with E-state index in [-0.39, 0.29) is 11.4 Å². The standard InChI is InChI=1S/C10H10FNO2/c1-10(2,11)9-7-4-3-6(13)5-8(7)14-12-9/h3-5,13H,1-2H3. The van der Waals surface area contributed by atoms with Gasteiger partial charge in [-0.25, -0.2) is 4.39 Å². The largest absolute Gasteiger partial charge is 0.508 e. The predicted octanol–water partition coefficient (Wildman–Crippen LogP) is 2.74. The number of phenols is 1. The van der Waals surface area contributed by atoms with Crippen molar-refractivity contribution in [3.63, 3.8) is 0 Å². The average Bonchev–Trinajstić information content (AvgIpc) is 2.45.